The molecule has 0 radical (unpaired) electrons. The Kier molecular flexibility index (Phi) is 4.18. The van der Waals surface area contributed by atoms with E-state index in [1.54, 1.807) is 35.2 Å². The molecule has 0 bridgehead atoms. The minimum atomic E-state index is -1.03. The molecule has 138 valence electrons. The number of carboxylic acids is 1. The van der Waals surface area contributed by atoms with Crippen molar-refractivity contribution in [3.05, 3.63) is 64.7 Å². The summed E-state index contributed by atoms with van der Waals surface area (Å²) in [5, 5.41) is 9.76. The summed E-state index contributed by atoms with van der Waals surface area (Å²) >= 11 is 0. The van der Waals surface area contributed by atoms with E-state index >= 15 is 0 Å². The van der Waals surface area contributed by atoms with Crippen LogP contribution in [-0.4, -0.2) is 40.9 Å². The third kappa shape index (κ3) is 2.87. The summed E-state index contributed by atoms with van der Waals surface area (Å²) in [6, 6.07) is 11.7. The second-order valence-electron chi connectivity index (χ2n) is 6.95. The Morgan fingerprint density at radius 2 is 1.74 bits per heavy atom. The normalized spacial score (nSPS) is 18.0. The van der Waals surface area contributed by atoms with E-state index in [1.165, 1.54) is 11.8 Å². The van der Waals surface area contributed by atoms with Gasteiger partial charge in [0.25, 0.3) is 5.91 Å². The van der Waals surface area contributed by atoms with Gasteiger partial charge in [0.2, 0.25) is 5.91 Å². The first kappa shape index (κ1) is 17.3. The predicted molar refractivity (Wildman–Crippen MR) is 99.7 cm³/mol. The molecule has 2 amide bonds. The maximum Gasteiger partial charge on any atom is 0.331 e. The minimum absolute atomic E-state index is 0.0218. The third-order valence-corrected chi connectivity index (χ3v) is 5.38. The topological polar surface area (TPSA) is 77.9 Å². The van der Waals surface area contributed by atoms with Gasteiger partial charge >= 0.3 is 5.97 Å². The van der Waals surface area contributed by atoms with E-state index in [-0.39, 0.29) is 11.8 Å². The zero-order valence-electron chi connectivity index (χ0n) is 15.0. The summed E-state index contributed by atoms with van der Waals surface area (Å²) < 4.78 is 0. The zero-order chi connectivity index (χ0) is 19.1. The number of carboxylic acid groups (broad SMARTS) is 1. The monoisotopic (exact) mass is 364 g/mol. The molecule has 0 aliphatic carbocycles. The van der Waals surface area contributed by atoms with Crippen LogP contribution < -0.4 is 4.90 Å². The second-order valence-corrected chi connectivity index (χ2v) is 6.95. The number of anilines is 1. The number of hydrogen-bond donors (Lipinski definition) is 1. The van der Waals surface area contributed by atoms with Crippen LogP contribution in [0.15, 0.2) is 42.5 Å². The second kappa shape index (κ2) is 6.54. The molecule has 0 saturated carbocycles. The average Bonchev–Trinajstić information content (AvgIpc) is 3.09. The van der Waals surface area contributed by atoms with Gasteiger partial charge in [-0.05, 0) is 47.7 Å². The van der Waals surface area contributed by atoms with Crippen molar-refractivity contribution >= 4 is 23.5 Å². The summed E-state index contributed by atoms with van der Waals surface area (Å²) in [5.41, 5.74) is 3.89. The van der Waals surface area contributed by atoms with Crippen molar-refractivity contribution in [3.8, 4) is 0 Å². The van der Waals surface area contributed by atoms with Crippen LogP contribution in [0.2, 0.25) is 0 Å². The average molecular weight is 364 g/mol. The SMILES string of the molecule is CC(=O)N1CCc2cc(C(=O)N3CCc4ccccc4C3C(=O)O)ccc21. The third-order valence-electron chi connectivity index (χ3n) is 5.38. The first-order valence-electron chi connectivity index (χ1n) is 9.00. The van der Waals surface area contributed by atoms with Gasteiger partial charge in [-0.3, -0.25) is 9.59 Å². The van der Waals surface area contributed by atoms with Crippen LogP contribution in [-0.2, 0) is 22.4 Å². The molecule has 0 fully saturated rings. The predicted octanol–water partition coefficient (Wildman–Crippen LogP) is 2.42. The van der Waals surface area contributed by atoms with Gasteiger partial charge in [-0.1, -0.05) is 24.3 Å². The highest BCUT2D eigenvalue weighted by molar-refractivity contribution is 5.99. The number of rotatable bonds is 2. The van der Waals surface area contributed by atoms with Gasteiger partial charge in [-0.25, -0.2) is 4.79 Å². The Labute approximate surface area is 157 Å². The van der Waals surface area contributed by atoms with Gasteiger partial charge < -0.3 is 14.9 Å². The van der Waals surface area contributed by atoms with Crippen LogP contribution >= 0.6 is 0 Å². The van der Waals surface area contributed by atoms with E-state index in [2.05, 4.69) is 0 Å². The molecule has 0 saturated heterocycles. The molecule has 2 aliphatic heterocycles. The molecule has 1 atom stereocenters. The molecule has 4 rings (SSSR count). The van der Waals surface area contributed by atoms with E-state index in [9.17, 15) is 19.5 Å². The number of benzene rings is 2. The summed E-state index contributed by atoms with van der Waals surface area (Å²) in [6.07, 6.45) is 1.33. The van der Waals surface area contributed by atoms with Crippen LogP contribution in [0.4, 0.5) is 5.69 Å². The number of carbonyl (C=O) groups excluding carboxylic acids is 2. The number of hydrogen-bond acceptors (Lipinski definition) is 3. The number of fused-ring (bicyclic) bond motifs is 2. The highest BCUT2D eigenvalue weighted by Crippen LogP contribution is 2.33. The molecule has 6 nitrogen and oxygen atoms in total. The molecular weight excluding hydrogens is 344 g/mol. The van der Waals surface area contributed by atoms with E-state index in [0.717, 1.165) is 16.8 Å². The van der Waals surface area contributed by atoms with Gasteiger partial charge in [-0.15, -0.1) is 0 Å². The molecule has 2 aromatic carbocycles. The molecule has 2 heterocycles. The van der Waals surface area contributed by atoms with Crippen LogP contribution in [0, 0.1) is 0 Å². The minimum Gasteiger partial charge on any atom is -0.479 e. The van der Waals surface area contributed by atoms with Gasteiger partial charge in [-0.2, -0.15) is 0 Å². The van der Waals surface area contributed by atoms with E-state index in [1.807, 2.05) is 12.1 Å². The Balaban J connectivity index is 1.67. The van der Waals surface area contributed by atoms with Crippen molar-refractivity contribution in [2.75, 3.05) is 18.0 Å². The van der Waals surface area contributed by atoms with Gasteiger partial charge in [0.1, 0.15) is 0 Å². The standard InChI is InChI=1S/C21H20N2O4/c1-13(24)22-10-9-15-12-16(6-7-18(15)22)20(25)23-11-8-14-4-2-3-5-17(14)19(23)21(26)27/h2-7,12,19H,8-11H2,1H3,(H,26,27). The molecule has 2 aliphatic rings. The Morgan fingerprint density at radius 3 is 2.48 bits per heavy atom. The van der Waals surface area contributed by atoms with Crippen molar-refractivity contribution in [2.45, 2.75) is 25.8 Å². The molecule has 1 N–H and O–H groups in total. The summed E-state index contributed by atoms with van der Waals surface area (Å²) in [6.45, 7) is 2.50. The summed E-state index contributed by atoms with van der Waals surface area (Å²) in [4.78, 5) is 39.9. The molecule has 2 aromatic rings. The van der Waals surface area contributed by atoms with E-state index < -0.39 is 12.0 Å². The largest absolute Gasteiger partial charge is 0.479 e. The molecule has 27 heavy (non-hydrogen) atoms. The van der Waals surface area contributed by atoms with Crippen molar-refractivity contribution in [1.82, 2.24) is 4.90 Å². The Hall–Kier alpha value is -3.15. The lowest BCUT2D eigenvalue weighted by Gasteiger charge is -2.35. The van der Waals surface area contributed by atoms with Crippen molar-refractivity contribution in [1.29, 1.82) is 0 Å². The summed E-state index contributed by atoms with van der Waals surface area (Å²) in [7, 11) is 0. The summed E-state index contributed by atoms with van der Waals surface area (Å²) in [5.74, 6) is -1.34. The molecule has 6 heteroatoms. The van der Waals surface area contributed by atoms with Crippen molar-refractivity contribution in [3.63, 3.8) is 0 Å². The molecule has 0 spiro atoms. The zero-order valence-corrected chi connectivity index (χ0v) is 15.0. The van der Waals surface area contributed by atoms with Crippen molar-refractivity contribution in [2.24, 2.45) is 0 Å². The maximum atomic E-state index is 13.1. The van der Waals surface area contributed by atoms with Crippen LogP contribution in [0.25, 0.3) is 0 Å². The lowest BCUT2D eigenvalue weighted by Crippen LogP contribution is -2.43. The Morgan fingerprint density at radius 1 is 1.00 bits per heavy atom. The molecular formula is C21H20N2O4. The van der Waals surface area contributed by atoms with E-state index in [4.69, 9.17) is 0 Å². The van der Waals surface area contributed by atoms with E-state index in [0.29, 0.717) is 37.1 Å². The smallest absolute Gasteiger partial charge is 0.331 e. The number of amides is 2. The number of nitrogens with zero attached hydrogens (tertiary/aromatic N) is 2. The van der Waals surface area contributed by atoms with Gasteiger partial charge in [0.05, 0.1) is 0 Å². The molecule has 1 unspecified atom stereocenters. The highest BCUT2D eigenvalue weighted by Gasteiger charge is 2.36. The fraction of sp³-hybridized carbons (Fsp3) is 0.286. The fourth-order valence-corrected chi connectivity index (χ4v) is 4.08. The van der Waals surface area contributed by atoms with Crippen LogP contribution in [0.5, 0.6) is 0 Å². The number of carbonyl (C=O) groups is 3. The van der Waals surface area contributed by atoms with Crippen molar-refractivity contribution < 1.29 is 19.5 Å². The Bertz CT molecular complexity index is 953. The first-order chi connectivity index (χ1) is 13.0. The van der Waals surface area contributed by atoms with Gasteiger partial charge in [0, 0.05) is 31.3 Å². The highest BCUT2D eigenvalue weighted by atomic mass is 16.4. The van der Waals surface area contributed by atoms with Crippen LogP contribution in [0.1, 0.15) is 40.0 Å². The quantitative estimate of drug-likeness (QED) is 0.888. The fourth-order valence-electron chi connectivity index (χ4n) is 4.08. The lowest BCUT2D eigenvalue weighted by molar-refractivity contribution is -0.143. The lowest BCUT2D eigenvalue weighted by atomic mass is 9.92. The molecule has 0 aromatic heterocycles. The maximum absolute atomic E-state index is 13.1. The number of aliphatic carboxylic acids is 1. The van der Waals surface area contributed by atoms with Gasteiger partial charge in [0.15, 0.2) is 6.04 Å². The van der Waals surface area contributed by atoms with Crippen LogP contribution in [0.3, 0.4) is 0 Å². The first-order valence-corrected chi connectivity index (χ1v) is 9.00.